The molecule has 1 aromatic carbocycles. The van der Waals surface area contributed by atoms with Gasteiger partial charge in [0.25, 0.3) is 0 Å². The summed E-state index contributed by atoms with van der Waals surface area (Å²) in [5.74, 6) is -0.297. The molecule has 0 saturated heterocycles. The Labute approximate surface area is 103 Å². The van der Waals surface area contributed by atoms with Gasteiger partial charge in [0.2, 0.25) is 5.91 Å². The normalized spacial score (nSPS) is 14.3. The summed E-state index contributed by atoms with van der Waals surface area (Å²) < 4.78 is 0. The minimum atomic E-state index is -0.624. The molecule has 0 bridgehead atoms. The molecule has 1 unspecified atom stereocenters. The zero-order valence-electron chi connectivity index (χ0n) is 10.9. The van der Waals surface area contributed by atoms with E-state index in [1.54, 1.807) is 0 Å². The highest BCUT2D eigenvalue weighted by Gasteiger charge is 2.27. The third-order valence-corrected chi connectivity index (χ3v) is 3.42. The fourth-order valence-electron chi connectivity index (χ4n) is 1.75. The highest BCUT2D eigenvalue weighted by atomic mass is 16.1. The van der Waals surface area contributed by atoms with E-state index in [0.717, 1.165) is 6.42 Å². The number of aryl methyl sites for hydroxylation is 1. The fourth-order valence-corrected chi connectivity index (χ4v) is 1.75. The predicted octanol–water partition coefficient (Wildman–Crippen LogP) is 1.99. The maximum atomic E-state index is 11.4. The number of benzene rings is 1. The SMILES string of the molecule is CCc1ccccc1CNC(C)(CC)C(N)=O. The Morgan fingerprint density at radius 1 is 1.29 bits per heavy atom. The summed E-state index contributed by atoms with van der Waals surface area (Å²) in [7, 11) is 0. The van der Waals surface area contributed by atoms with Crippen molar-refractivity contribution in [3.05, 3.63) is 35.4 Å². The van der Waals surface area contributed by atoms with Crippen LogP contribution < -0.4 is 11.1 Å². The first-order valence-corrected chi connectivity index (χ1v) is 6.15. The van der Waals surface area contributed by atoms with Gasteiger partial charge >= 0.3 is 0 Å². The molecule has 3 heteroatoms. The van der Waals surface area contributed by atoms with Crippen LogP contribution in [0.1, 0.15) is 38.3 Å². The lowest BCUT2D eigenvalue weighted by Crippen LogP contribution is -2.52. The van der Waals surface area contributed by atoms with Crippen LogP contribution in [-0.4, -0.2) is 11.4 Å². The topological polar surface area (TPSA) is 55.1 Å². The maximum Gasteiger partial charge on any atom is 0.237 e. The van der Waals surface area contributed by atoms with Crippen molar-refractivity contribution in [1.82, 2.24) is 5.32 Å². The molecule has 3 nitrogen and oxygen atoms in total. The van der Waals surface area contributed by atoms with E-state index in [4.69, 9.17) is 5.73 Å². The van der Waals surface area contributed by atoms with Gasteiger partial charge < -0.3 is 5.73 Å². The number of primary amides is 1. The van der Waals surface area contributed by atoms with Crippen LogP contribution in [0.5, 0.6) is 0 Å². The minimum Gasteiger partial charge on any atom is -0.368 e. The lowest BCUT2D eigenvalue weighted by molar-refractivity contribution is -0.124. The molecule has 17 heavy (non-hydrogen) atoms. The number of rotatable bonds is 6. The lowest BCUT2D eigenvalue weighted by Gasteiger charge is -2.26. The Hall–Kier alpha value is -1.35. The van der Waals surface area contributed by atoms with Crippen LogP contribution in [0.25, 0.3) is 0 Å². The van der Waals surface area contributed by atoms with Gasteiger partial charge in [-0.25, -0.2) is 0 Å². The van der Waals surface area contributed by atoms with Crippen LogP contribution in [0.4, 0.5) is 0 Å². The summed E-state index contributed by atoms with van der Waals surface area (Å²) >= 11 is 0. The van der Waals surface area contributed by atoms with Gasteiger partial charge in [0.05, 0.1) is 5.54 Å². The zero-order chi connectivity index (χ0) is 12.9. The maximum absolute atomic E-state index is 11.4. The molecule has 1 atom stereocenters. The Balaban J connectivity index is 2.76. The molecule has 0 radical (unpaired) electrons. The van der Waals surface area contributed by atoms with E-state index in [0.29, 0.717) is 13.0 Å². The number of carbonyl (C=O) groups excluding carboxylic acids is 1. The molecule has 0 fully saturated rings. The molecule has 1 amide bonds. The van der Waals surface area contributed by atoms with Crippen LogP contribution in [0.15, 0.2) is 24.3 Å². The van der Waals surface area contributed by atoms with Crippen molar-refractivity contribution in [1.29, 1.82) is 0 Å². The summed E-state index contributed by atoms with van der Waals surface area (Å²) in [5, 5.41) is 3.26. The van der Waals surface area contributed by atoms with Gasteiger partial charge in [-0.2, -0.15) is 0 Å². The number of nitrogens with one attached hydrogen (secondary N) is 1. The van der Waals surface area contributed by atoms with Crippen molar-refractivity contribution in [3.63, 3.8) is 0 Å². The van der Waals surface area contributed by atoms with E-state index >= 15 is 0 Å². The fraction of sp³-hybridized carbons (Fsp3) is 0.500. The molecule has 3 N–H and O–H groups in total. The Morgan fingerprint density at radius 3 is 2.35 bits per heavy atom. The molecule has 0 aliphatic heterocycles. The predicted molar refractivity (Wildman–Crippen MR) is 70.6 cm³/mol. The van der Waals surface area contributed by atoms with Gasteiger partial charge in [-0.05, 0) is 30.9 Å². The second-order valence-corrected chi connectivity index (χ2v) is 4.53. The Morgan fingerprint density at radius 2 is 1.88 bits per heavy atom. The summed E-state index contributed by atoms with van der Waals surface area (Å²) in [4.78, 5) is 11.4. The van der Waals surface area contributed by atoms with Crippen molar-refractivity contribution in [2.45, 2.75) is 45.7 Å². The van der Waals surface area contributed by atoms with Crippen LogP contribution in [0.3, 0.4) is 0 Å². The van der Waals surface area contributed by atoms with Gasteiger partial charge in [-0.1, -0.05) is 38.1 Å². The quantitative estimate of drug-likeness (QED) is 0.791. The Bertz CT molecular complexity index is 390. The van der Waals surface area contributed by atoms with Crippen molar-refractivity contribution in [2.24, 2.45) is 5.73 Å². The lowest BCUT2D eigenvalue weighted by atomic mass is 9.97. The molecule has 1 aromatic rings. The number of carbonyl (C=O) groups is 1. The molecular formula is C14H22N2O. The van der Waals surface area contributed by atoms with Gasteiger partial charge in [0.1, 0.15) is 0 Å². The zero-order valence-corrected chi connectivity index (χ0v) is 10.9. The second kappa shape index (κ2) is 5.82. The average Bonchev–Trinajstić information content (AvgIpc) is 2.36. The number of hydrogen-bond acceptors (Lipinski definition) is 2. The van der Waals surface area contributed by atoms with Crippen LogP contribution in [0, 0.1) is 0 Å². The number of amides is 1. The van der Waals surface area contributed by atoms with Crippen LogP contribution in [-0.2, 0) is 17.8 Å². The van der Waals surface area contributed by atoms with Crippen molar-refractivity contribution in [2.75, 3.05) is 0 Å². The van der Waals surface area contributed by atoms with Gasteiger partial charge in [0.15, 0.2) is 0 Å². The highest BCUT2D eigenvalue weighted by Crippen LogP contribution is 2.13. The summed E-state index contributed by atoms with van der Waals surface area (Å²) in [6.45, 7) is 6.62. The molecule has 0 aliphatic rings. The van der Waals surface area contributed by atoms with Gasteiger partial charge in [-0.15, -0.1) is 0 Å². The molecule has 0 spiro atoms. The third kappa shape index (κ3) is 3.30. The van der Waals surface area contributed by atoms with E-state index in [2.05, 4.69) is 24.4 Å². The molecule has 0 heterocycles. The van der Waals surface area contributed by atoms with Crippen molar-refractivity contribution < 1.29 is 4.79 Å². The van der Waals surface area contributed by atoms with E-state index in [1.807, 2.05) is 26.0 Å². The monoisotopic (exact) mass is 234 g/mol. The molecule has 1 rings (SSSR count). The standard InChI is InChI=1S/C14H22N2O/c1-4-11-8-6-7-9-12(11)10-16-14(3,5-2)13(15)17/h6-9,16H,4-5,10H2,1-3H3,(H2,15,17). The second-order valence-electron chi connectivity index (χ2n) is 4.53. The summed E-state index contributed by atoms with van der Waals surface area (Å²) in [5.41, 5.74) is 7.33. The van der Waals surface area contributed by atoms with Crippen molar-refractivity contribution in [3.8, 4) is 0 Å². The van der Waals surface area contributed by atoms with E-state index < -0.39 is 5.54 Å². The first-order chi connectivity index (χ1) is 8.03. The molecular weight excluding hydrogens is 212 g/mol. The molecule has 0 aliphatic carbocycles. The number of nitrogens with two attached hydrogens (primary N) is 1. The molecule has 0 aromatic heterocycles. The Kier molecular flexibility index (Phi) is 4.70. The van der Waals surface area contributed by atoms with E-state index in [9.17, 15) is 4.79 Å². The average molecular weight is 234 g/mol. The van der Waals surface area contributed by atoms with Crippen molar-refractivity contribution >= 4 is 5.91 Å². The largest absolute Gasteiger partial charge is 0.368 e. The first kappa shape index (κ1) is 13.7. The van der Waals surface area contributed by atoms with E-state index in [1.165, 1.54) is 11.1 Å². The molecule has 94 valence electrons. The highest BCUT2D eigenvalue weighted by molar-refractivity contribution is 5.84. The third-order valence-electron chi connectivity index (χ3n) is 3.42. The molecule has 0 saturated carbocycles. The van der Waals surface area contributed by atoms with Crippen LogP contribution >= 0.6 is 0 Å². The van der Waals surface area contributed by atoms with Gasteiger partial charge in [0, 0.05) is 6.54 Å². The van der Waals surface area contributed by atoms with Gasteiger partial charge in [-0.3, -0.25) is 10.1 Å². The smallest absolute Gasteiger partial charge is 0.237 e. The first-order valence-electron chi connectivity index (χ1n) is 6.15. The summed E-state index contributed by atoms with van der Waals surface area (Å²) in [6.07, 6.45) is 1.69. The van der Waals surface area contributed by atoms with E-state index in [-0.39, 0.29) is 5.91 Å². The minimum absolute atomic E-state index is 0.297. The number of hydrogen-bond donors (Lipinski definition) is 2. The summed E-state index contributed by atoms with van der Waals surface area (Å²) in [6, 6.07) is 8.26. The van der Waals surface area contributed by atoms with Crippen LogP contribution in [0.2, 0.25) is 0 Å².